The molecule has 0 amide bonds. The van der Waals surface area contributed by atoms with E-state index in [4.69, 9.17) is 4.74 Å². The van der Waals surface area contributed by atoms with E-state index in [-0.39, 0.29) is 39.5 Å². The van der Waals surface area contributed by atoms with E-state index < -0.39 is 5.60 Å². The first-order valence-electron chi connectivity index (χ1n) is 17.1. The number of aliphatic hydroxyl groups is 1. The molecule has 4 aliphatic carbocycles. The molecule has 4 nitrogen and oxygen atoms in total. The van der Waals surface area contributed by atoms with E-state index in [9.17, 15) is 15.0 Å². The average Bonchev–Trinajstić information content (AvgIpc) is 3.29. The van der Waals surface area contributed by atoms with Gasteiger partial charge in [-0.2, -0.15) is 0 Å². The minimum absolute atomic E-state index is 0.0920. The minimum atomic E-state index is -0.612. The fourth-order valence-electron chi connectivity index (χ4n) is 11.4. The highest BCUT2D eigenvalue weighted by molar-refractivity contribution is 5.87. The molecule has 43 heavy (non-hydrogen) atoms. The molecule has 0 aromatic heterocycles. The summed E-state index contributed by atoms with van der Waals surface area (Å²) in [6.07, 6.45) is 16.6. The van der Waals surface area contributed by atoms with Crippen molar-refractivity contribution >= 4 is 12.0 Å². The van der Waals surface area contributed by atoms with E-state index >= 15 is 0 Å². The molecule has 4 aliphatic rings. The number of rotatable bonds is 7. The van der Waals surface area contributed by atoms with Crippen molar-refractivity contribution in [2.75, 3.05) is 0 Å². The number of esters is 1. The average molecular weight is 591 g/mol. The van der Waals surface area contributed by atoms with Crippen molar-refractivity contribution in [1.82, 2.24) is 0 Å². The Morgan fingerprint density at radius 3 is 2.28 bits per heavy atom. The Morgan fingerprint density at radius 1 is 0.930 bits per heavy atom. The highest BCUT2D eigenvalue weighted by Gasteiger charge is 2.69. The summed E-state index contributed by atoms with van der Waals surface area (Å²) in [4.78, 5) is 13.0. The summed E-state index contributed by atoms with van der Waals surface area (Å²) in [5.41, 5.74) is 2.23. The van der Waals surface area contributed by atoms with Crippen LogP contribution in [-0.4, -0.2) is 27.9 Å². The van der Waals surface area contributed by atoms with Gasteiger partial charge in [-0.3, -0.25) is 0 Å². The lowest BCUT2D eigenvalue weighted by Gasteiger charge is -2.70. The standard InChI is InChI=1S/C39H58O4/c1-26(2)10-9-22-39(8,42)30-19-24-37(6)29(30)16-17-32-36(5)23-21-33(35(3,4)31(36)20-25-38(32,37)7)43-34(41)18-13-27-11-14-28(40)15-12-27/h10-15,18,29-33,40,42H,9,16-17,19-25H2,1-8H3/b18-13+/t29?,30?,31?,32?,33-,36-,37+,38+,39?/m0/s1. The van der Waals surface area contributed by atoms with Crippen LogP contribution in [0.25, 0.3) is 6.08 Å². The zero-order chi connectivity index (χ0) is 31.4. The Labute approximate surface area is 261 Å². The summed E-state index contributed by atoms with van der Waals surface area (Å²) in [6.45, 7) is 18.9. The number of phenolic OH excluding ortho intramolecular Hbond substituents is 1. The number of hydrogen-bond acceptors (Lipinski definition) is 4. The lowest BCUT2D eigenvalue weighted by Crippen LogP contribution is -2.64. The molecule has 1 aromatic rings. The number of fused-ring (bicyclic) bond motifs is 5. The summed E-state index contributed by atoms with van der Waals surface area (Å²) in [6, 6.07) is 6.84. The second kappa shape index (κ2) is 11.4. The molecule has 2 N–H and O–H groups in total. The molecule has 0 heterocycles. The van der Waals surface area contributed by atoms with E-state index in [1.165, 1.54) is 43.8 Å². The van der Waals surface area contributed by atoms with Crippen molar-refractivity contribution in [3.05, 3.63) is 47.6 Å². The van der Waals surface area contributed by atoms with Gasteiger partial charge in [0.25, 0.3) is 0 Å². The van der Waals surface area contributed by atoms with Crippen LogP contribution in [0.5, 0.6) is 5.75 Å². The number of aromatic hydroxyl groups is 1. The number of allylic oxidation sites excluding steroid dienone is 2. The van der Waals surface area contributed by atoms with Gasteiger partial charge in [0, 0.05) is 11.5 Å². The zero-order valence-electron chi connectivity index (χ0n) is 28.2. The predicted molar refractivity (Wildman–Crippen MR) is 175 cm³/mol. The number of phenols is 1. The molecule has 1 aromatic carbocycles. The van der Waals surface area contributed by atoms with Crippen LogP contribution in [0.1, 0.15) is 125 Å². The summed E-state index contributed by atoms with van der Waals surface area (Å²) >= 11 is 0. The highest BCUT2D eigenvalue weighted by atomic mass is 16.5. The Bertz CT molecular complexity index is 1240. The first-order valence-corrected chi connectivity index (χ1v) is 17.1. The molecular weight excluding hydrogens is 532 g/mol. The second-order valence-electron chi connectivity index (χ2n) is 16.7. The van der Waals surface area contributed by atoms with Gasteiger partial charge in [0.15, 0.2) is 0 Å². The second-order valence-corrected chi connectivity index (χ2v) is 16.7. The summed E-state index contributed by atoms with van der Waals surface area (Å²) in [5.74, 6) is 2.06. The van der Waals surface area contributed by atoms with Gasteiger partial charge in [-0.05, 0) is 149 Å². The van der Waals surface area contributed by atoms with Crippen LogP contribution in [-0.2, 0) is 9.53 Å². The van der Waals surface area contributed by atoms with Gasteiger partial charge in [0.05, 0.1) is 5.60 Å². The largest absolute Gasteiger partial charge is 0.508 e. The van der Waals surface area contributed by atoms with Crippen LogP contribution < -0.4 is 0 Å². The molecule has 4 saturated carbocycles. The van der Waals surface area contributed by atoms with E-state index in [0.717, 1.165) is 37.7 Å². The molecule has 0 saturated heterocycles. The molecule has 9 atom stereocenters. The van der Waals surface area contributed by atoms with Gasteiger partial charge in [-0.25, -0.2) is 4.79 Å². The van der Waals surface area contributed by atoms with Crippen LogP contribution >= 0.6 is 0 Å². The topological polar surface area (TPSA) is 66.8 Å². The third-order valence-corrected chi connectivity index (χ3v) is 13.9. The molecule has 4 fully saturated rings. The monoisotopic (exact) mass is 590 g/mol. The maximum absolute atomic E-state index is 13.0. The quantitative estimate of drug-likeness (QED) is 0.189. The first kappa shape index (κ1) is 32.3. The Hall–Kier alpha value is -2.07. The molecule has 0 radical (unpaired) electrons. The Morgan fingerprint density at radius 2 is 1.60 bits per heavy atom. The minimum Gasteiger partial charge on any atom is -0.508 e. The number of hydrogen-bond donors (Lipinski definition) is 2. The van der Waals surface area contributed by atoms with Crippen LogP contribution in [0.15, 0.2) is 42.0 Å². The molecule has 0 bridgehead atoms. The van der Waals surface area contributed by atoms with Crippen molar-refractivity contribution in [2.24, 2.45) is 45.3 Å². The molecule has 238 valence electrons. The van der Waals surface area contributed by atoms with E-state index in [2.05, 4.69) is 61.5 Å². The van der Waals surface area contributed by atoms with Gasteiger partial charge in [-0.15, -0.1) is 0 Å². The van der Waals surface area contributed by atoms with Crippen LogP contribution in [0.2, 0.25) is 0 Å². The Balaban J connectivity index is 1.31. The fourth-order valence-corrected chi connectivity index (χ4v) is 11.4. The number of carbonyl (C=O) groups is 1. The van der Waals surface area contributed by atoms with Crippen LogP contribution in [0.4, 0.5) is 0 Å². The zero-order valence-corrected chi connectivity index (χ0v) is 28.2. The van der Waals surface area contributed by atoms with Crippen molar-refractivity contribution in [3.8, 4) is 5.75 Å². The van der Waals surface area contributed by atoms with Crippen molar-refractivity contribution in [1.29, 1.82) is 0 Å². The summed E-state index contributed by atoms with van der Waals surface area (Å²) in [7, 11) is 0. The van der Waals surface area contributed by atoms with Gasteiger partial charge in [0.2, 0.25) is 0 Å². The van der Waals surface area contributed by atoms with Gasteiger partial charge in [-0.1, -0.05) is 58.4 Å². The third kappa shape index (κ3) is 5.53. The maximum atomic E-state index is 13.0. The van der Waals surface area contributed by atoms with Crippen LogP contribution in [0.3, 0.4) is 0 Å². The van der Waals surface area contributed by atoms with Crippen molar-refractivity contribution in [2.45, 2.75) is 131 Å². The Kier molecular flexibility index (Phi) is 8.55. The lowest BCUT2D eigenvalue weighted by molar-refractivity contribution is -0.229. The lowest BCUT2D eigenvalue weighted by atomic mass is 9.35. The summed E-state index contributed by atoms with van der Waals surface area (Å²) < 4.78 is 6.19. The molecule has 5 unspecified atom stereocenters. The van der Waals surface area contributed by atoms with Gasteiger partial charge >= 0.3 is 5.97 Å². The normalized spacial score (nSPS) is 39.7. The van der Waals surface area contributed by atoms with E-state index in [1.807, 2.05) is 0 Å². The maximum Gasteiger partial charge on any atom is 0.331 e. The number of ether oxygens (including phenoxy) is 1. The number of benzene rings is 1. The predicted octanol–water partition coefficient (Wildman–Crippen LogP) is 9.50. The van der Waals surface area contributed by atoms with E-state index in [1.54, 1.807) is 30.3 Å². The molecule has 4 heteroatoms. The molecule has 0 spiro atoms. The van der Waals surface area contributed by atoms with Gasteiger partial charge in [0.1, 0.15) is 11.9 Å². The van der Waals surface area contributed by atoms with Crippen molar-refractivity contribution < 1.29 is 19.7 Å². The highest BCUT2D eigenvalue weighted by Crippen LogP contribution is 2.76. The molecule has 5 rings (SSSR count). The smallest absolute Gasteiger partial charge is 0.331 e. The fraction of sp³-hybridized carbons (Fsp3) is 0.718. The van der Waals surface area contributed by atoms with Gasteiger partial charge < -0.3 is 14.9 Å². The third-order valence-electron chi connectivity index (χ3n) is 13.9. The molecular formula is C39H58O4. The van der Waals surface area contributed by atoms with Crippen molar-refractivity contribution in [3.63, 3.8) is 0 Å². The van der Waals surface area contributed by atoms with Crippen LogP contribution in [0, 0.1) is 45.3 Å². The summed E-state index contributed by atoms with van der Waals surface area (Å²) in [5, 5.41) is 21.3. The van der Waals surface area contributed by atoms with E-state index in [0.29, 0.717) is 23.7 Å². The number of carbonyl (C=O) groups excluding carboxylic acids is 1. The first-order chi connectivity index (χ1) is 20.0. The molecule has 0 aliphatic heterocycles. The SMILES string of the molecule is CC(C)=CCCC(C)(O)C1CC[C@]2(C)C1CCC1[C@@]3(C)CC[C@H](OC(=O)/C=C/c4ccc(O)cc4)C(C)(C)C3CC[C@]12C.